The fraction of sp³-hybridized carbons (Fsp3) is 0.500. The molecule has 26 heavy (non-hydrogen) atoms. The second kappa shape index (κ2) is 9.76. The number of ether oxygens (including phenoxy) is 2. The van der Waals surface area contributed by atoms with Gasteiger partial charge in [0.05, 0.1) is 12.5 Å². The van der Waals surface area contributed by atoms with Crippen molar-refractivity contribution >= 4 is 17.8 Å². The molecule has 0 bridgehead atoms. The number of para-hydroxylation sites is 1. The van der Waals surface area contributed by atoms with E-state index in [2.05, 4.69) is 5.32 Å². The summed E-state index contributed by atoms with van der Waals surface area (Å²) in [6, 6.07) is 9.06. The van der Waals surface area contributed by atoms with Gasteiger partial charge in [0.25, 0.3) is 5.91 Å². The maximum absolute atomic E-state index is 12.3. The smallest absolute Gasteiger partial charge is 0.334 e. The van der Waals surface area contributed by atoms with E-state index >= 15 is 0 Å². The highest BCUT2D eigenvalue weighted by molar-refractivity contribution is 5.82. The minimum atomic E-state index is -1.13. The SMILES string of the molecule is COC(CNC(=O)C1CCCN(C(=O)COc2ccccc2)C1)C(=O)O. The Morgan fingerprint density at radius 2 is 2.04 bits per heavy atom. The van der Waals surface area contributed by atoms with Gasteiger partial charge in [0.1, 0.15) is 5.75 Å². The Kier molecular flexibility index (Phi) is 7.40. The lowest BCUT2D eigenvalue weighted by molar-refractivity contribution is -0.148. The first-order chi connectivity index (χ1) is 12.5. The Labute approximate surface area is 152 Å². The highest BCUT2D eigenvalue weighted by atomic mass is 16.5. The van der Waals surface area contributed by atoms with E-state index in [1.807, 2.05) is 18.2 Å². The molecule has 2 rings (SSSR count). The molecule has 2 amide bonds. The topological polar surface area (TPSA) is 105 Å². The van der Waals surface area contributed by atoms with E-state index in [9.17, 15) is 14.4 Å². The predicted octanol–water partition coefficient (Wildman–Crippen LogP) is 0.520. The third kappa shape index (κ3) is 5.73. The van der Waals surface area contributed by atoms with E-state index < -0.39 is 12.1 Å². The van der Waals surface area contributed by atoms with Crippen LogP contribution in [0.3, 0.4) is 0 Å². The number of hydrogen-bond donors (Lipinski definition) is 2. The van der Waals surface area contributed by atoms with Gasteiger partial charge in [-0.05, 0) is 25.0 Å². The van der Waals surface area contributed by atoms with Gasteiger partial charge in [-0.15, -0.1) is 0 Å². The quantitative estimate of drug-likeness (QED) is 0.697. The summed E-state index contributed by atoms with van der Waals surface area (Å²) in [5.74, 6) is -1.32. The maximum atomic E-state index is 12.3. The number of piperidine rings is 1. The Bertz CT molecular complexity index is 621. The summed E-state index contributed by atoms with van der Waals surface area (Å²) in [4.78, 5) is 37.1. The van der Waals surface area contributed by atoms with Crippen molar-refractivity contribution in [2.24, 2.45) is 5.92 Å². The molecule has 1 aliphatic heterocycles. The van der Waals surface area contributed by atoms with E-state index in [1.54, 1.807) is 17.0 Å². The second-order valence-electron chi connectivity index (χ2n) is 6.09. The molecule has 8 heteroatoms. The number of methoxy groups -OCH3 is 1. The van der Waals surface area contributed by atoms with Gasteiger partial charge in [0.2, 0.25) is 5.91 Å². The summed E-state index contributed by atoms with van der Waals surface area (Å²) < 4.78 is 10.3. The molecule has 0 spiro atoms. The zero-order valence-electron chi connectivity index (χ0n) is 14.7. The van der Waals surface area contributed by atoms with Crippen LogP contribution in [-0.4, -0.2) is 67.2 Å². The van der Waals surface area contributed by atoms with E-state index in [4.69, 9.17) is 14.6 Å². The molecule has 1 heterocycles. The Morgan fingerprint density at radius 3 is 2.69 bits per heavy atom. The van der Waals surface area contributed by atoms with E-state index in [0.717, 1.165) is 0 Å². The number of hydrogen-bond acceptors (Lipinski definition) is 5. The van der Waals surface area contributed by atoms with Crippen LogP contribution in [0.2, 0.25) is 0 Å². The van der Waals surface area contributed by atoms with Gasteiger partial charge < -0.3 is 24.8 Å². The summed E-state index contributed by atoms with van der Waals surface area (Å²) >= 11 is 0. The molecule has 2 unspecified atom stereocenters. The molecule has 2 N–H and O–H groups in total. The number of benzene rings is 1. The van der Waals surface area contributed by atoms with Gasteiger partial charge in [-0.2, -0.15) is 0 Å². The summed E-state index contributed by atoms with van der Waals surface area (Å²) in [5, 5.41) is 11.5. The van der Waals surface area contributed by atoms with Crippen molar-refractivity contribution in [3.05, 3.63) is 30.3 Å². The highest BCUT2D eigenvalue weighted by Gasteiger charge is 2.29. The number of nitrogens with one attached hydrogen (secondary N) is 1. The second-order valence-corrected chi connectivity index (χ2v) is 6.09. The molecule has 1 aromatic rings. The number of carbonyl (C=O) groups excluding carboxylic acids is 2. The molecule has 142 valence electrons. The first-order valence-electron chi connectivity index (χ1n) is 8.50. The van der Waals surface area contributed by atoms with Gasteiger partial charge in [0.15, 0.2) is 12.7 Å². The van der Waals surface area contributed by atoms with Gasteiger partial charge in [-0.3, -0.25) is 9.59 Å². The lowest BCUT2D eigenvalue weighted by Crippen LogP contribution is -2.48. The summed E-state index contributed by atoms with van der Waals surface area (Å²) in [5.41, 5.74) is 0. The van der Waals surface area contributed by atoms with Crippen LogP contribution < -0.4 is 10.1 Å². The Morgan fingerprint density at radius 1 is 1.31 bits per heavy atom. The number of nitrogens with zero attached hydrogens (tertiary/aromatic N) is 1. The van der Waals surface area contributed by atoms with Gasteiger partial charge in [0, 0.05) is 20.2 Å². The molecule has 2 atom stereocenters. The lowest BCUT2D eigenvalue weighted by Gasteiger charge is -2.32. The number of carboxylic acid groups (broad SMARTS) is 1. The van der Waals surface area contributed by atoms with E-state index in [-0.39, 0.29) is 30.9 Å². The van der Waals surface area contributed by atoms with Gasteiger partial charge in [-0.1, -0.05) is 18.2 Å². The lowest BCUT2D eigenvalue weighted by atomic mass is 9.97. The van der Waals surface area contributed by atoms with Crippen molar-refractivity contribution in [1.82, 2.24) is 10.2 Å². The number of rotatable bonds is 8. The summed E-state index contributed by atoms with van der Waals surface area (Å²) in [6.45, 7) is 0.694. The number of carbonyl (C=O) groups is 3. The van der Waals surface area contributed by atoms with Crippen LogP contribution in [0.4, 0.5) is 0 Å². The molecule has 1 saturated heterocycles. The third-order valence-electron chi connectivity index (χ3n) is 4.27. The van der Waals surface area contributed by atoms with Crippen LogP contribution in [0.25, 0.3) is 0 Å². The normalized spacial score (nSPS) is 18.0. The predicted molar refractivity (Wildman–Crippen MR) is 92.7 cm³/mol. The number of aliphatic carboxylic acids is 1. The summed E-state index contributed by atoms with van der Waals surface area (Å²) in [6.07, 6.45) is 0.279. The molecule has 0 aliphatic carbocycles. The Hall–Kier alpha value is -2.61. The maximum Gasteiger partial charge on any atom is 0.334 e. The van der Waals surface area contributed by atoms with Crippen molar-refractivity contribution < 1.29 is 29.0 Å². The summed E-state index contributed by atoms with van der Waals surface area (Å²) in [7, 11) is 1.28. The highest BCUT2D eigenvalue weighted by Crippen LogP contribution is 2.17. The van der Waals surface area contributed by atoms with Crippen molar-refractivity contribution in [2.75, 3.05) is 33.4 Å². The van der Waals surface area contributed by atoms with Crippen molar-refractivity contribution in [3.8, 4) is 5.75 Å². The largest absolute Gasteiger partial charge is 0.484 e. The standard InChI is InChI=1S/C18H24N2O6/c1-25-15(18(23)24)10-19-17(22)13-6-5-9-20(11-13)16(21)12-26-14-7-3-2-4-8-14/h2-4,7-8,13,15H,5-6,9-12H2,1H3,(H,19,22)(H,23,24). The molecule has 1 fully saturated rings. The van der Waals surface area contributed by atoms with Crippen LogP contribution >= 0.6 is 0 Å². The van der Waals surface area contributed by atoms with Crippen LogP contribution in [0.15, 0.2) is 30.3 Å². The first-order valence-corrected chi connectivity index (χ1v) is 8.50. The van der Waals surface area contributed by atoms with Crippen LogP contribution in [0.5, 0.6) is 5.75 Å². The fourth-order valence-corrected chi connectivity index (χ4v) is 2.78. The van der Waals surface area contributed by atoms with E-state index in [0.29, 0.717) is 31.7 Å². The minimum Gasteiger partial charge on any atom is -0.484 e. The van der Waals surface area contributed by atoms with Crippen LogP contribution in [-0.2, 0) is 19.1 Å². The van der Waals surface area contributed by atoms with E-state index in [1.165, 1.54) is 7.11 Å². The molecule has 1 aromatic carbocycles. The number of carboxylic acids is 1. The molecule has 0 aromatic heterocycles. The average molecular weight is 364 g/mol. The molecule has 0 saturated carbocycles. The molecule has 0 radical (unpaired) electrons. The third-order valence-corrected chi connectivity index (χ3v) is 4.27. The average Bonchev–Trinajstić information content (AvgIpc) is 2.67. The number of likely N-dealkylation sites (tertiary alicyclic amines) is 1. The van der Waals surface area contributed by atoms with Crippen molar-refractivity contribution in [1.29, 1.82) is 0 Å². The molecule has 8 nitrogen and oxygen atoms in total. The molecule has 1 aliphatic rings. The Balaban J connectivity index is 1.80. The van der Waals surface area contributed by atoms with Crippen molar-refractivity contribution in [2.45, 2.75) is 18.9 Å². The number of amides is 2. The van der Waals surface area contributed by atoms with Gasteiger partial charge in [-0.25, -0.2) is 4.79 Å². The van der Waals surface area contributed by atoms with Crippen LogP contribution in [0.1, 0.15) is 12.8 Å². The zero-order valence-corrected chi connectivity index (χ0v) is 14.7. The van der Waals surface area contributed by atoms with Gasteiger partial charge >= 0.3 is 5.97 Å². The fourth-order valence-electron chi connectivity index (χ4n) is 2.78. The van der Waals surface area contributed by atoms with Crippen molar-refractivity contribution in [3.63, 3.8) is 0 Å². The molecular weight excluding hydrogens is 340 g/mol. The van der Waals surface area contributed by atoms with Crippen LogP contribution in [0, 0.1) is 5.92 Å². The molecular formula is C18H24N2O6. The minimum absolute atomic E-state index is 0.0802. The monoisotopic (exact) mass is 364 g/mol. The zero-order chi connectivity index (χ0) is 18.9. The first kappa shape index (κ1) is 19.7.